The lowest BCUT2D eigenvalue weighted by molar-refractivity contribution is -0.117. The molecule has 3 heteroatoms. The number of Topliss-reactive ketones (excluding diaryl/α,β-unsaturated/α-hetero) is 1. The van der Waals surface area contributed by atoms with Crippen LogP contribution in [0.3, 0.4) is 0 Å². The highest BCUT2D eigenvalue weighted by atomic mass is 35.5. The Morgan fingerprint density at radius 1 is 1.33 bits per heavy atom. The van der Waals surface area contributed by atoms with Crippen LogP contribution < -0.4 is 5.32 Å². The molecule has 2 nitrogen and oxygen atoms in total. The van der Waals surface area contributed by atoms with E-state index >= 15 is 0 Å². The molecule has 0 unspecified atom stereocenters. The minimum atomic E-state index is 0.277. The summed E-state index contributed by atoms with van der Waals surface area (Å²) in [6, 6.07) is 7.52. The lowest BCUT2D eigenvalue weighted by Crippen LogP contribution is -2.29. The van der Waals surface area contributed by atoms with Gasteiger partial charge in [0.2, 0.25) is 0 Å². The van der Waals surface area contributed by atoms with Gasteiger partial charge in [0.25, 0.3) is 0 Å². The van der Waals surface area contributed by atoms with E-state index in [9.17, 15) is 4.79 Å². The number of carbonyl (C=O) groups excluding carboxylic acids is 1. The van der Waals surface area contributed by atoms with Crippen molar-refractivity contribution >= 4 is 23.1 Å². The molecule has 0 radical (unpaired) electrons. The van der Waals surface area contributed by atoms with Crippen LogP contribution in [0.2, 0.25) is 5.02 Å². The summed E-state index contributed by atoms with van der Waals surface area (Å²) < 4.78 is 0. The van der Waals surface area contributed by atoms with Crippen LogP contribution in [0.5, 0.6) is 0 Å². The lowest BCUT2D eigenvalue weighted by atomic mass is 9.68. The molecule has 0 amide bonds. The first-order valence-electron chi connectivity index (χ1n) is 7.66. The van der Waals surface area contributed by atoms with E-state index in [-0.39, 0.29) is 5.78 Å². The molecule has 1 aromatic rings. The summed E-state index contributed by atoms with van der Waals surface area (Å²) in [6.45, 7) is 6.83. The van der Waals surface area contributed by atoms with Gasteiger partial charge in [-0.1, -0.05) is 38.8 Å². The van der Waals surface area contributed by atoms with Crippen molar-refractivity contribution < 1.29 is 4.79 Å². The number of ketones is 1. The summed E-state index contributed by atoms with van der Waals surface area (Å²) in [6.07, 6.45) is 5.58. The molecular weight excluding hydrogens is 282 g/mol. The Hall–Kier alpha value is -1.28. The summed E-state index contributed by atoms with van der Waals surface area (Å²) >= 11 is 5.87. The van der Waals surface area contributed by atoms with E-state index in [1.165, 1.54) is 0 Å². The molecule has 0 heterocycles. The Bertz CT molecular complexity index is 531. The van der Waals surface area contributed by atoms with Gasteiger partial charge in [-0.2, -0.15) is 0 Å². The van der Waals surface area contributed by atoms with E-state index in [1.54, 1.807) is 0 Å². The molecule has 1 saturated carbocycles. The fraction of sp³-hybridized carbons (Fsp3) is 0.500. The SMILES string of the molecule is CCC(C)(C)[C@@H]1CCC(=O)/C(=C/Nc2ccc(Cl)cc2)C1. The van der Waals surface area contributed by atoms with Gasteiger partial charge < -0.3 is 5.32 Å². The zero-order chi connectivity index (χ0) is 15.5. The van der Waals surface area contributed by atoms with Gasteiger partial charge in [-0.05, 0) is 48.4 Å². The number of rotatable bonds is 4. The van der Waals surface area contributed by atoms with Crippen LogP contribution in [-0.2, 0) is 4.79 Å². The summed E-state index contributed by atoms with van der Waals surface area (Å²) in [4.78, 5) is 12.1. The highest BCUT2D eigenvalue weighted by Crippen LogP contribution is 2.41. The van der Waals surface area contributed by atoms with Crippen LogP contribution >= 0.6 is 11.6 Å². The number of nitrogens with one attached hydrogen (secondary N) is 1. The van der Waals surface area contributed by atoms with Gasteiger partial charge in [-0.3, -0.25) is 4.79 Å². The van der Waals surface area contributed by atoms with Crippen LogP contribution in [0, 0.1) is 11.3 Å². The van der Waals surface area contributed by atoms with Crippen molar-refractivity contribution in [1.82, 2.24) is 0 Å². The predicted octanol–water partition coefficient (Wildman–Crippen LogP) is 5.44. The van der Waals surface area contributed by atoms with Crippen LogP contribution in [0.15, 0.2) is 36.0 Å². The molecule has 0 aromatic heterocycles. The highest BCUT2D eigenvalue weighted by molar-refractivity contribution is 6.30. The molecule has 0 bridgehead atoms. The van der Waals surface area contributed by atoms with Gasteiger partial charge >= 0.3 is 0 Å². The van der Waals surface area contributed by atoms with Crippen molar-refractivity contribution in [3.05, 3.63) is 41.1 Å². The quantitative estimate of drug-likeness (QED) is 0.750. The van der Waals surface area contributed by atoms with E-state index in [4.69, 9.17) is 11.6 Å². The van der Waals surface area contributed by atoms with Crippen molar-refractivity contribution in [2.45, 2.75) is 46.5 Å². The average Bonchev–Trinajstić information content (AvgIpc) is 2.48. The normalized spacial score (nSPS) is 21.6. The first-order valence-corrected chi connectivity index (χ1v) is 8.04. The van der Waals surface area contributed by atoms with Crippen LogP contribution in [0.4, 0.5) is 5.69 Å². The minimum Gasteiger partial charge on any atom is -0.361 e. The average molecular weight is 306 g/mol. The number of hydrogen-bond acceptors (Lipinski definition) is 2. The molecule has 114 valence electrons. The van der Waals surface area contributed by atoms with Crippen molar-refractivity contribution in [2.24, 2.45) is 11.3 Å². The monoisotopic (exact) mass is 305 g/mol. The van der Waals surface area contributed by atoms with Gasteiger partial charge in [0.15, 0.2) is 5.78 Å². The second-order valence-electron chi connectivity index (χ2n) is 6.53. The molecule has 0 saturated heterocycles. The van der Waals surface area contributed by atoms with E-state index < -0.39 is 0 Å². The van der Waals surface area contributed by atoms with Crippen molar-refractivity contribution in [1.29, 1.82) is 0 Å². The largest absolute Gasteiger partial charge is 0.361 e. The number of anilines is 1. The Labute approximate surface area is 132 Å². The molecule has 1 aromatic carbocycles. The fourth-order valence-electron chi connectivity index (χ4n) is 2.76. The molecule has 1 atom stereocenters. The molecular formula is C18H24ClNO. The molecule has 1 N–H and O–H groups in total. The Morgan fingerprint density at radius 2 is 2.00 bits per heavy atom. The van der Waals surface area contributed by atoms with Crippen molar-refractivity contribution in [3.8, 4) is 0 Å². The summed E-state index contributed by atoms with van der Waals surface area (Å²) in [7, 11) is 0. The molecule has 21 heavy (non-hydrogen) atoms. The first kappa shape index (κ1) is 16.1. The van der Waals surface area contributed by atoms with E-state index in [2.05, 4.69) is 26.1 Å². The molecule has 0 spiro atoms. The Morgan fingerprint density at radius 3 is 2.62 bits per heavy atom. The van der Waals surface area contributed by atoms with Gasteiger partial charge in [0, 0.05) is 28.9 Å². The number of hydrogen-bond donors (Lipinski definition) is 1. The fourth-order valence-corrected chi connectivity index (χ4v) is 2.88. The molecule has 1 fully saturated rings. The maximum Gasteiger partial charge on any atom is 0.160 e. The topological polar surface area (TPSA) is 29.1 Å². The Kier molecular flexibility index (Phi) is 5.10. The third-order valence-electron chi connectivity index (χ3n) is 4.82. The van der Waals surface area contributed by atoms with Crippen molar-refractivity contribution in [2.75, 3.05) is 5.32 Å². The van der Waals surface area contributed by atoms with Crippen LogP contribution in [-0.4, -0.2) is 5.78 Å². The highest BCUT2D eigenvalue weighted by Gasteiger charge is 2.33. The second-order valence-corrected chi connectivity index (χ2v) is 6.96. The van der Waals surface area contributed by atoms with E-state index in [0.717, 1.165) is 30.5 Å². The van der Waals surface area contributed by atoms with Crippen LogP contribution in [0.25, 0.3) is 0 Å². The number of carbonyl (C=O) groups is 1. The molecule has 1 aliphatic carbocycles. The van der Waals surface area contributed by atoms with Crippen molar-refractivity contribution in [3.63, 3.8) is 0 Å². The summed E-state index contributed by atoms with van der Waals surface area (Å²) in [5, 5.41) is 3.94. The van der Waals surface area contributed by atoms with Gasteiger partial charge in [0.05, 0.1) is 0 Å². The first-order chi connectivity index (χ1) is 9.92. The third kappa shape index (κ3) is 4.10. The molecule has 2 rings (SSSR count). The van der Waals surface area contributed by atoms with E-state index in [0.29, 0.717) is 22.8 Å². The molecule has 0 aliphatic heterocycles. The van der Waals surface area contributed by atoms with Gasteiger partial charge in [-0.15, -0.1) is 0 Å². The summed E-state index contributed by atoms with van der Waals surface area (Å²) in [5.41, 5.74) is 2.17. The molecule has 1 aliphatic rings. The zero-order valence-corrected chi connectivity index (χ0v) is 13.8. The predicted molar refractivity (Wildman–Crippen MR) is 89.6 cm³/mol. The maximum atomic E-state index is 12.1. The number of halogens is 1. The van der Waals surface area contributed by atoms with Crippen LogP contribution in [0.1, 0.15) is 46.5 Å². The van der Waals surface area contributed by atoms with Gasteiger partial charge in [-0.25, -0.2) is 0 Å². The lowest BCUT2D eigenvalue weighted by Gasteiger charge is -2.36. The zero-order valence-electron chi connectivity index (χ0n) is 13.1. The second kappa shape index (κ2) is 6.65. The van der Waals surface area contributed by atoms with E-state index in [1.807, 2.05) is 30.5 Å². The van der Waals surface area contributed by atoms with Gasteiger partial charge in [0.1, 0.15) is 0 Å². The summed E-state index contributed by atoms with van der Waals surface area (Å²) in [5.74, 6) is 0.859. The maximum absolute atomic E-state index is 12.1. The number of allylic oxidation sites excluding steroid dienone is 1. The number of benzene rings is 1. The standard InChI is InChI=1S/C18H24ClNO/c1-4-18(2,3)14-5-10-17(21)13(11-14)12-20-16-8-6-15(19)7-9-16/h6-9,12,14,20H,4-5,10-11H2,1-3H3/b13-12+/t14-/m1/s1. The minimum absolute atomic E-state index is 0.277. The Balaban J connectivity index is 2.07. The third-order valence-corrected chi connectivity index (χ3v) is 5.07. The smallest absolute Gasteiger partial charge is 0.160 e.